The highest BCUT2D eigenvalue weighted by Crippen LogP contribution is 2.31. The van der Waals surface area contributed by atoms with Gasteiger partial charge in [0.1, 0.15) is 11.3 Å². The van der Waals surface area contributed by atoms with Crippen molar-refractivity contribution in [3.05, 3.63) is 102 Å². The van der Waals surface area contributed by atoms with Crippen molar-refractivity contribution < 1.29 is 4.39 Å². The van der Waals surface area contributed by atoms with Gasteiger partial charge in [0, 0.05) is 34.8 Å². The number of fused-ring (bicyclic) bond motifs is 1. The number of aromatic nitrogens is 6. The summed E-state index contributed by atoms with van der Waals surface area (Å²) in [5, 5.41) is 7.57. The lowest BCUT2D eigenvalue weighted by Crippen LogP contribution is -2.13. The van der Waals surface area contributed by atoms with Crippen LogP contribution in [-0.2, 0) is 6.42 Å². The van der Waals surface area contributed by atoms with Gasteiger partial charge in [-0.3, -0.25) is 10.1 Å². The maximum atomic E-state index is 14.7. The van der Waals surface area contributed by atoms with Crippen molar-refractivity contribution in [2.75, 3.05) is 20.6 Å². The molecule has 8 heteroatoms. The molecule has 5 rings (SSSR count). The molecule has 0 atom stereocenters. The molecular formula is C30H30FN7. The van der Waals surface area contributed by atoms with Crippen LogP contribution in [0.4, 0.5) is 4.39 Å². The Morgan fingerprint density at radius 3 is 2.74 bits per heavy atom. The maximum Gasteiger partial charge on any atom is 0.161 e. The Kier molecular flexibility index (Phi) is 7.24. The zero-order valence-corrected chi connectivity index (χ0v) is 21.8. The number of benzene rings is 1. The number of H-pyrrole nitrogens is 2. The summed E-state index contributed by atoms with van der Waals surface area (Å²) in [6.07, 6.45) is 9.16. The highest BCUT2D eigenvalue weighted by Gasteiger charge is 2.20. The Balaban J connectivity index is 1.51. The van der Waals surface area contributed by atoms with Crippen LogP contribution in [0.15, 0.2) is 73.6 Å². The highest BCUT2D eigenvalue weighted by molar-refractivity contribution is 5.90. The molecule has 4 aromatic heterocycles. The van der Waals surface area contributed by atoms with Gasteiger partial charge in [-0.05, 0) is 70.2 Å². The third-order valence-electron chi connectivity index (χ3n) is 6.38. The normalized spacial score (nSPS) is 12.0. The van der Waals surface area contributed by atoms with E-state index in [1.54, 1.807) is 30.4 Å². The van der Waals surface area contributed by atoms with Crippen LogP contribution in [-0.4, -0.2) is 55.7 Å². The lowest BCUT2D eigenvalue weighted by atomic mass is 10.0. The Hall–Kier alpha value is -4.43. The third-order valence-corrected chi connectivity index (χ3v) is 6.38. The number of nitrogens with zero attached hydrogens (tertiary/aromatic N) is 5. The summed E-state index contributed by atoms with van der Waals surface area (Å²) in [6.45, 7) is 6.74. The van der Waals surface area contributed by atoms with Gasteiger partial charge in [-0.1, -0.05) is 36.9 Å². The number of imidazole rings is 1. The van der Waals surface area contributed by atoms with Crippen molar-refractivity contribution >= 4 is 16.6 Å². The first-order chi connectivity index (χ1) is 18.4. The molecule has 1 aromatic carbocycles. The molecule has 0 aliphatic rings. The summed E-state index contributed by atoms with van der Waals surface area (Å²) in [4.78, 5) is 19.7. The number of aryl methyl sites for hydroxylation is 2. The SMILES string of the molecule is C=C/C=C(/c1ccccc1F)c1nc(-c2n[nH]c3ccc(-c4cncc(CCCN(C)C)c4)nc23)[nH]c1C. The Bertz CT molecular complexity index is 1630. The monoisotopic (exact) mass is 507 g/mol. The standard InChI is InChI=1S/C30H30FN7/c1-5-9-23(22-11-6-7-12-24(22)31)27-19(2)33-30(35-27)29-28-26(36-37-29)14-13-25(34-28)21-16-20(17-32-18-21)10-8-15-38(3)4/h5-7,9,11-14,16-18H,1,8,10,15H2,2-4H3,(H,33,35)(H,36,37)/b23-9-. The smallest absolute Gasteiger partial charge is 0.161 e. The van der Waals surface area contributed by atoms with E-state index in [1.165, 1.54) is 11.6 Å². The topological polar surface area (TPSA) is 86.4 Å². The fraction of sp³-hybridized carbons (Fsp3) is 0.200. The van der Waals surface area contributed by atoms with Crippen molar-refractivity contribution in [3.8, 4) is 22.8 Å². The number of allylic oxidation sites excluding steroid dienone is 2. The number of aromatic amines is 2. The first-order valence-corrected chi connectivity index (χ1v) is 12.5. The zero-order valence-electron chi connectivity index (χ0n) is 21.8. The van der Waals surface area contributed by atoms with Crippen molar-refractivity contribution in [1.82, 2.24) is 35.0 Å². The molecule has 0 aliphatic carbocycles. The minimum absolute atomic E-state index is 0.321. The number of pyridine rings is 2. The molecule has 0 unspecified atom stereocenters. The van der Waals surface area contributed by atoms with Gasteiger partial charge in [-0.2, -0.15) is 5.10 Å². The first kappa shape index (κ1) is 25.2. The molecule has 0 saturated heterocycles. The summed E-state index contributed by atoms with van der Waals surface area (Å²) in [6, 6.07) is 12.7. The van der Waals surface area contributed by atoms with Gasteiger partial charge >= 0.3 is 0 Å². The fourth-order valence-electron chi connectivity index (χ4n) is 4.52. The van der Waals surface area contributed by atoms with Crippen LogP contribution in [0.5, 0.6) is 0 Å². The highest BCUT2D eigenvalue weighted by atomic mass is 19.1. The van der Waals surface area contributed by atoms with Gasteiger partial charge in [0.05, 0.1) is 16.9 Å². The summed E-state index contributed by atoms with van der Waals surface area (Å²) in [5.74, 6) is 0.230. The molecule has 38 heavy (non-hydrogen) atoms. The van der Waals surface area contributed by atoms with Crippen molar-refractivity contribution in [3.63, 3.8) is 0 Å². The van der Waals surface area contributed by atoms with Crippen LogP contribution in [0.25, 0.3) is 39.4 Å². The van der Waals surface area contributed by atoms with E-state index in [4.69, 9.17) is 9.97 Å². The largest absolute Gasteiger partial charge is 0.340 e. The predicted octanol–water partition coefficient (Wildman–Crippen LogP) is 5.97. The second kappa shape index (κ2) is 10.9. The van der Waals surface area contributed by atoms with Gasteiger partial charge in [0.15, 0.2) is 11.5 Å². The minimum atomic E-state index is -0.321. The van der Waals surface area contributed by atoms with Crippen LogP contribution < -0.4 is 0 Å². The number of nitrogens with one attached hydrogen (secondary N) is 2. The van der Waals surface area contributed by atoms with Crippen LogP contribution in [0.2, 0.25) is 0 Å². The van der Waals surface area contributed by atoms with E-state index < -0.39 is 0 Å². The zero-order chi connectivity index (χ0) is 26.6. The average molecular weight is 508 g/mol. The maximum absolute atomic E-state index is 14.7. The molecule has 0 fully saturated rings. The number of hydrogen-bond acceptors (Lipinski definition) is 5. The van der Waals surface area contributed by atoms with E-state index >= 15 is 0 Å². The van der Waals surface area contributed by atoms with Crippen molar-refractivity contribution in [1.29, 1.82) is 0 Å². The van der Waals surface area contributed by atoms with Crippen LogP contribution in [0.1, 0.15) is 28.9 Å². The molecule has 0 radical (unpaired) electrons. The molecule has 0 spiro atoms. The van der Waals surface area contributed by atoms with Gasteiger partial charge in [-0.15, -0.1) is 0 Å². The summed E-state index contributed by atoms with van der Waals surface area (Å²) >= 11 is 0. The number of halogens is 1. The van der Waals surface area contributed by atoms with E-state index in [0.29, 0.717) is 33.9 Å². The number of hydrogen-bond donors (Lipinski definition) is 2. The molecule has 2 N–H and O–H groups in total. The van der Waals surface area contributed by atoms with E-state index in [0.717, 1.165) is 41.9 Å². The lowest BCUT2D eigenvalue weighted by Gasteiger charge is -2.09. The van der Waals surface area contributed by atoms with Gasteiger partial charge < -0.3 is 9.88 Å². The van der Waals surface area contributed by atoms with Crippen molar-refractivity contribution in [2.24, 2.45) is 0 Å². The van der Waals surface area contributed by atoms with E-state index in [9.17, 15) is 4.39 Å². The second-order valence-corrected chi connectivity index (χ2v) is 9.51. The summed E-state index contributed by atoms with van der Waals surface area (Å²) < 4.78 is 14.7. The average Bonchev–Trinajstić information content (AvgIpc) is 3.50. The van der Waals surface area contributed by atoms with E-state index in [1.807, 2.05) is 31.5 Å². The molecule has 7 nitrogen and oxygen atoms in total. The molecular weight excluding hydrogens is 477 g/mol. The molecule has 0 aliphatic heterocycles. The van der Waals surface area contributed by atoms with Crippen molar-refractivity contribution in [2.45, 2.75) is 19.8 Å². The third kappa shape index (κ3) is 5.17. The second-order valence-electron chi connectivity index (χ2n) is 9.51. The lowest BCUT2D eigenvalue weighted by molar-refractivity contribution is 0.400. The Morgan fingerprint density at radius 1 is 1.11 bits per heavy atom. The molecule has 0 saturated carbocycles. The van der Waals surface area contributed by atoms with Crippen LogP contribution >= 0.6 is 0 Å². The molecule has 0 amide bonds. The predicted molar refractivity (Wildman–Crippen MR) is 150 cm³/mol. The molecule has 192 valence electrons. The van der Waals surface area contributed by atoms with Gasteiger partial charge in [0.25, 0.3) is 0 Å². The first-order valence-electron chi connectivity index (χ1n) is 12.5. The minimum Gasteiger partial charge on any atom is -0.340 e. The summed E-state index contributed by atoms with van der Waals surface area (Å²) in [7, 11) is 4.16. The van der Waals surface area contributed by atoms with Gasteiger partial charge in [0.2, 0.25) is 0 Å². The quantitative estimate of drug-likeness (QED) is 0.240. The molecule has 0 bridgehead atoms. The van der Waals surface area contributed by atoms with E-state index in [-0.39, 0.29) is 5.82 Å². The molecule has 4 heterocycles. The number of rotatable bonds is 9. The van der Waals surface area contributed by atoms with E-state index in [2.05, 4.69) is 51.8 Å². The van der Waals surface area contributed by atoms with Gasteiger partial charge in [-0.25, -0.2) is 14.4 Å². The van der Waals surface area contributed by atoms with Crippen LogP contribution in [0, 0.1) is 12.7 Å². The Morgan fingerprint density at radius 2 is 1.95 bits per heavy atom. The summed E-state index contributed by atoms with van der Waals surface area (Å²) in [5.41, 5.74) is 7.55. The fourth-order valence-corrected chi connectivity index (χ4v) is 4.52. The molecule has 5 aromatic rings. The Labute approximate surface area is 221 Å². The van der Waals surface area contributed by atoms with Crippen LogP contribution in [0.3, 0.4) is 0 Å².